The molecular formula is C19H23ClF3N3O4S. The lowest BCUT2D eigenvalue weighted by atomic mass is 10.2. The molecule has 0 fully saturated rings. The van der Waals surface area contributed by atoms with Crippen molar-refractivity contribution in [3.63, 3.8) is 0 Å². The van der Waals surface area contributed by atoms with E-state index in [9.17, 15) is 26.4 Å². The predicted molar refractivity (Wildman–Crippen MR) is 113 cm³/mol. The van der Waals surface area contributed by atoms with Gasteiger partial charge in [-0.05, 0) is 55.6 Å². The minimum absolute atomic E-state index is 0.0169. The SMILES string of the molecule is CCNCC.CNS(=O)(=O)NC(=O)c1ccc(Oc2ccc(Cl)c(C(F)(F)F)c2)cc1. The van der Waals surface area contributed by atoms with Crippen LogP contribution in [0.4, 0.5) is 13.2 Å². The maximum atomic E-state index is 12.8. The third kappa shape index (κ3) is 9.13. The molecule has 7 nitrogen and oxygen atoms in total. The number of amides is 1. The van der Waals surface area contributed by atoms with Crippen LogP contribution in [0.15, 0.2) is 42.5 Å². The Labute approximate surface area is 184 Å². The van der Waals surface area contributed by atoms with E-state index < -0.39 is 32.9 Å². The summed E-state index contributed by atoms with van der Waals surface area (Å²) < 4.78 is 70.0. The number of rotatable bonds is 7. The summed E-state index contributed by atoms with van der Waals surface area (Å²) in [6.07, 6.45) is -4.63. The molecule has 0 radical (unpaired) electrons. The molecule has 3 N–H and O–H groups in total. The quantitative estimate of drug-likeness (QED) is 0.556. The number of halogens is 4. The van der Waals surface area contributed by atoms with Crippen molar-refractivity contribution in [2.24, 2.45) is 0 Å². The summed E-state index contributed by atoms with van der Waals surface area (Å²) in [5, 5.41) is 2.66. The van der Waals surface area contributed by atoms with Crippen molar-refractivity contribution in [3.05, 3.63) is 58.6 Å². The minimum Gasteiger partial charge on any atom is -0.457 e. The van der Waals surface area contributed by atoms with Crippen LogP contribution in [-0.2, 0) is 16.4 Å². The molecule has 31 heavy (non-hydrogen) atoms. The van der Waals surface area contributed by atoms with Gasteiger partial charge in [0, 0.05) is 12.6 Å². The van der Waals surface area contributed by atoms with Crippen LogP contribution >= 0.6 is 11.6 Å². The van der Waals surface area contributed by atoms with Crippen molar-refractivity contribution in [2.75, 3.05) is 20.1 Å². The highest BCUT2D eigenvalue weighted by Gasteiger charge is 2.33. The fraction of sp³-hybridized carbons (Fsp3) is 0.316. The molecule has 2 rings (SSSR count). The van der Waals surface area contributed by atoms with Crippen LogP contribution in [0.5, 0.6) is 11.5 Å². The summed E-state index contributed by atoms with van der Waals surface area (Å²) in [6, 6.07) is 8.21. The second-order valence-corrected chi connectivity index (χ2v) is 7.89. The van der Waals surface area contributed by atoms with Crippen molar-refractivity contribution in [1.82, 2.24) is 14.8 Å². The number of ether oxygens (including phenoxy) is 1. The molecule has 172 valence electrons. The fourth-order valence-corrected chi connectivity index (χ4v) is 2.77. The highest BCUT2D eigenvalue weighted by molar-refractivity contribution is 7.88. The molecule has 0 aliphatic heterocycles. The van der Waals surface area contributed by atoms with Gasteiger partial charge in [-0.2, -0.15) is 21.6 Å². The topological polar surface area (TPSA) is 96.5 Å². The normalized spacial score (nSPS) is 11.3. The van der Waals surface area contributed by atoms with E-state index in [2.05, 4.69) is 19.2 Å². The van der Waals surface area contributed by atoms with Gasteiger partial charge in [-0.3, -0.25) is 4.79 Å². The molecule has 0 saturated heterocycles. The average Bonchev–Trinajstić information content (AvgIpc) is 2.70. The van der Waals surface area contributed by atoms with Crippen LogP contribution in [-0.4, -0.2) is 34.5 Å². The molecule has 0 atom stereocenters. The Balaban J connectivity index is 0.000000861. The second kappa shape index (κ2) is 11.9. The van der Waals surface area contributed by atoms with Crippen molar-refractivity contribution in [3.8, 4) is 11.5 Å². The molecule has 2 aromatic rings. The van der Waals surface area contributed by atoms with E-state index in [1.807, 2.05) is 4.72 Å². The first kappa shape index (κ1) is 26.7. The molecule has 1 amide bonds. The van der Waals surface area contributed by atoms with E-state index in [0.717, 1.165) is 32.3 Å². The van der Waals surface area contributed by atoms with Crippen molar-refractivity contribution < 1.29 is 31.1 Å². The van der Waals surface area contributed by atoms with Gasteiger partial charge >= 0.3 is 16.4 Å². The zero-order chi connectivity index (χ0) is 23.7. The Morgan fingerprint density at radius 2 is 1.58 bits per heavy atom. The minimum atomic E-state index is -4.63. The van der Waals surface area contributed by atoms with E-state index >= 15 is 0 Å². The zero-order valence-corrected chi connectivity index (χ0v) is 18.6. The number of benzene rings is 2. The molecule has 0 aromatic heterocycles. The Morgan fingerprint density at radius 3 is 2.03 bits per heavy atom. The van der Waals surface area contributed by atoms with Crippen LogP contribution in [0.25, 0.3) is 0 Å². The molecule has 12 heteroatoms. The summed E-state index contributed by atoms with van der Waals surface area (Å²) in [6.45, 7) is 6.39. The lowest BCUT2D eigenvalue weighted by molar-refractivity contribution is -0.137. The summed E-state index contributed by atoms with van der Waals surface area (Å²) in [5.41, 5.74) is -1.02. The van der Waals surface area contributed by atoms with Gasteiger partial charge in [0.1, 0.15) is 11.5 Å². The van der Waals surface area contributed by atoms with E-state index in [0.29, 0.717) is 0 Å². The lowest BCUT2D eigenvalue weighted by Gasteiger charge is -2.12. The van der Waals surface area contributed by atoms with Crippen molar-refractivity contribution >= 4 is 27.7 Å². The number of hydrogen-bond donors (Lipinski definition) is 3. The number of carbonyl (C=O) groups is 1. The molecule has 0 spiro atoms. The first-order chi connectivity index (χ1) is 14.4. The van der Waals surface area contributed by atoms with Crippen molar-refractivity contribution in [2.45, 2.75) is 20.0 Å². The largest absolute Gasteiger partial charge is 0.457 e. The number of carbonyl (C=O) groups excluding carboxylic acids is 1. The number of hydrogen-bond acceptors (Lipinski definition) is 5. The molecule has 0 unspecified atom stereocenters. The Kier molecular flexibility index (Phi) is 10.2. The first-order valence-electron chi connectivity index (χ1n) is 9.04. The van der Waals surface area contributed by atoms with Gasteiger partial charge in [0.15, 0.2) is 0 Å². The van der Waals surface area contributed by atoms with Crippen molar-refractivity contribution in [1.29, 1.82) is 0 Å². The summed E-state index contributed by atoms with van der Waals surface area (Å²) in [5.74, 6) is -0.832. The third-order valence-electron chi connectivity index (χ3n) is 3.59. The Bertz CT molecular complexity index is 966. The first-order valence-corrected chi connectivity index (χ1v) is 10.9. The van der Waals surface area contributed by atoms with Gasteiger partial charge in [-0.1, -0.05) is 25.4 Å². The van der Waals surface area contributed by atoms with E-state index in [4.69, 9.17) is 16.3 Å². The van der Waals surface area contributed by atoms with Gasteiger partial charge in [0.25, 0.3) is 5.91 Å². The van der Waals surface area contributed by atoms with E-state index in [1.54, 1.807) is 4.72 Å². The van der Waals surface area contributed by atoms with Crippen LogP contribution in [0, 0.1) is 0 Å². The highest BCUT2D eigenvalue weighted by atomic mass is 35.5. The van der Waals surface area contributed by atoms with Gasteiger partial charge in [-0.25, -0.2) is 9.44 Å². The van der Waals surface area contributed by atoms with E-state index in [1.165, 1.54) is 30.3 Å². The molecule has 0 aliphatic rings. The maximum Gasteiger partial charge on any atom is 0.417 e. The van der Waals surface area contributed by atoms with E-state index in [-0.39, 0.29) is 17.1 Å². The van der Waals surface area contributed by atoms with Gasteiger partial charge in [0.05, 0.1) is 10.6 Å². The van der Waals surface area contributed by atoms with Crippen LogP contribution in [0.2, 0.25) is 5.02 Å². The van der Waals surface area contributed by atoms with Gasteiger partial charge < -0.3 is 10.1 Å². The summed E-state index contributed by atoms with van der Waals surface area (Å²) in [7, 11) is -2.82. The fourth-order valence-electron chi connectivity index (χ4n) is 2.08. The standard InChI is InChI=1S/C15H12ClF3N2O4S.C4H11N/c1-20-26(23,24)21-14(22)9-2-4-10(5-3-9)25-11-6-7-13(16)12(8-11)15(17,18)19;1-3-5-4-2/h2-8,20H,1H3,(H,21,22);5H,3-4H2,1-2H3. The molecule has 2 aromatic carbocycles. The monoisotopic (exact) mass is 481 g/mol. The van der Waals surface area contributed by atoms with Crippen LogP contribution in [0.1, 0.15) is 29.8 Å². The lowest BCUT2D eigenvalue weighted by Crippen LogP contribution is -2.38. The van der Waals surface area contributed by atoms with Crippen LogP contribution < -0.4 is 19.5 Å². The Hall–Kier alpha value is -2.34. The van der Waals surface area contributed by atoms with Crippen LogP contribution in [0.3, 0.4) is 0 Å². The maximum absolute atomic E-state index is 12.8. The van der Waals surface area contributed by atoms with Gasteiger partial charge in [0.2, 0.25) is 0 Å². The molecule has 0 aliphatic carbocycles. The summed E-state index contributed by atoms with van der Waals surface area (Å²) in [4.78, 5) is 11.8. The van der Waals surface area contributed by atoms with Gasteiger partial charge in [-0.15, -0.1) is 0 Å². The Morgan fingerprint density at radius 1 is 1.03 bits per heavy atom. The third-order valence-corrected chi connectivity index (χ3v) is 4.91. The highest BCUT2D eigenvalue weighted by Crippen LogP contribution is 2.37. The molecular weight excluding hydrogens is 459 g/mol. The number of nitrogens with one attached hydrogen (secondary N) is 3. The second-order valence-electron chi connectivity index (χ2n) is 5.86. The predicted octanol–water partition coefficient (Wildman–Crippen LogP) is 3.96. The zero-order valence-electron chi connectivity index (χ0n) is 17.0. The molecule has 0 heterocycles. The average molecular weight is 482 g/mol. The summed E-state index contributed by atoms with van der Waals surface area (Å²) >= 11 is 5.53. The smallest absolute Gasteiger partial charge is 0.417 e. The molecule has 0 bridgehead atoms. The molecule has 0 saturated carbocycles. The number of alkyl halides is 3.